The third kappa shape index (κ3) is 4.12. The second-order valence-corrected chi connectivity index (χ2v) is 6.61. The number of anilines is 2. The summed E-state index contributed by atoms with van der Waals surface area (Å²) < 4.78 is 40.2. The minimum Gasteiger partial charge on any atom is -0.308 e. The van der Waals surface area contributed by atoms with Gasteiger partial charge in [0.25, 0.3) is 0 Å². The number of rotatable bonds is 4. The van der Waals surface area contributed by atoms with Gasteiger partial charge >= 0.3 is 12.2 Å². The van der Waals surface area contributed by atoms with E-state index in [-0.39, 0.29) is 12.2 Å². The van der Waals surface area contributed by atoms with Gasteiger partial charge in [-0.3, -0.25) is 4.90 Å². The van der Waals surface area contributed by atoms with Crippen LogP contribution in [0.4, 0.5) is 29.3 Å². The van der Waals surface area contributed by atoms with E-state index in [9.17, 15) is 18.0 Å². The third-order valence-corrected chi connectivity index (χ3v) is 4.59. The van der Waals surface area contributed by atoms with Crippen molar-refractivity contribution in [1.82, 2.24) is 9.38 Å². The maximum absolute atomic E-state index is 13.0. The van der Waals surface area contributed by atoms with E-state index in [2.05, 4.69) is 10.3 Å². The Hall–Kier alpha value is -3.81. The number of alkyl halides is 3. The Bertz CT molecular complexity index is 1150. The first-order valence-corrected chi connectivity index (χ1v) is 9.13. The zero-order chi connectivity index (χ0) is 21.1. The van der Waals surface area contributed by atoms with Crippen molar-refractivity contribution in [2.75, 3.05) is 10.2 Å². The van der Waals surface area contributed by atoms with Crippen LogP contribution in [0.25, 0.3) is 5.65 Å². The Morgan fingerprint density at radius 1 is 0.967 bits per heavy atom. The number of fused-ring (bicyclic) bond motifs is 1. The lowest BCUT2D eigenvalue weighted by Gasteiger charge is -2.23. The first-order chi connectivity index (χ1) is 14.4. The van der Waals surface area contributed by atoms with Crippen LogP contribution in [-0.4, -0.2) is 15.4 Å². The molecule has 0 radical (unpaired) electrons. The molecule has 0 fully saturated rings. The van der Waals surface area contributed by atoms with Crippen molar-refractivity contribution in [3.63, 3.8) is 0 Å². The fourth-order valence-electron chi connectivity index (χ4n) is 3.09. The Morgan fingerprint density at radius 3 is 2.37 bits per heavy atom. The third-order valence-electron chi connectivity index (χ3n) is 4.59. The van der Waals surface area contributed by atoms with E-state index >= 15 is 0 Å². The minimum atomic E-state index is -4.43. The fourth-order valence-corrected chi connectivity index (χ4v) is 3.09. The maximum atomic E-state index is 13.0. The number of carbonyl (C=O) groups excluding carboxylic acids is 1. The second kappa shape index (κ2) is 7.90. The van der Waals surface area contributed by atoms with Crippen molar-refractivity contribution in [3.8, 4) is 0 Å². The molecular weight excluding hydrogens is 393 g/mol. The number of nitrogens with zero attached hydrogens (tertiary/aromatic N) is 3. The number of imidazole rings is 1. The van der Waals surface area contributed by atoms with Gasteiger partial charge in [0.1, 0.15) is 5.65 Å². The number of benzene rings is 2. The zero-order valence-corrected chi connectivity index (χ0v) is 15.7. The molecule has 0 aliphatic heterocycles. The smallest absolute Gasteiger partial charge is 0.308 e. The summed E-state index contributed by atoms with van der Waals surface area (Å²) in [6.07, 6.45) is -0.882. The highest BCUT2D eigenvalue weighted by atomic mass is 19.4. The monoisotopic (exact) mass is 410 g/mol. The molecule has 0 saturated carbocycles. The summed E-state index contributed by atoms with van der Waals surface area (Å²) in [7, 11) is 0. The highest BCUT2D eigenvalue weighted by molar-refractivity contribution is 6.01. The van der Waals surface area contributed by atoms with E-state index in [4.69, 9.17) is 0 Å². The normalized spacial score (nSPS) is 11.4. The van der Waals surface area contributed by atoms with E-state index in [0.29, 0.717) is 5.69 Å². The summed E-state index contributed by atoms with van der Waals surface area (Å²) in [6, 6.07) is 18.5. The predicted octanol–water partition coefficient (Wildman–Crippen LogP) is 5.59. The molecule has 4 rings (SSSR count). The van der Waals surface area contributed by atoms with Crippen LogP contribution >= 0.6 is 0 Å². The van der Waals surface area contributed by atoms with Gasteiger partial charge in [-0.15, -0.1) is 0 Å². The number of urea groups is 1. The summed E-state index contributed by atoms with van der Waals surface area (Å²) in [6.45, 7) is 0.224. The number of para-hydroxylation sites is 1. The van der Waals surface area contributed by atoms with Gasteiger partial charge in [-0.1, -0.05) is 24.3 Å². The Labute approximate surface area is 170 Å². The summed E-state index contributed by atoms with van der Waals surface area (Å²) in [4.78, 5) is 18.9. The lowest BCUT2D eigenvalue weighted by atomic mass is 10.2. The topological polar surface area (TPSA) is 49.6 Å². The van der Waals surface area contributed by atoms with Crippen molar-refractivity contribution < 1.29 is 18.0 Å². The summed E-state index contributed by atoms with van der Waals surface area (Å²) in [5.74, 6) is 0. The van der Waals surface area contributed by atoms with Crippen LogP contribution in [0.15, 0.2) is 85.2 Å². The van der Waals surface area contributed by atoms with Crippen LogP contribution in [0.2, 0.25) is 0 Å². The molecule has 2 heterocycles. The summed E-state index contributed by atoms with van der Waals surface area (Å²) in [5.41, 5.74) is 1.69. The molecule has 0 spiro atoms. The number of carbonyl (C=O) groups is 1. The number of hydrogen-bond acceptors (Lipinski definition) is 2. The zero-order valence-electron chi connectivity index (χ0n) is 15.7. The lowest BCUT2D eigenvalue weighted by Crippen LogP contribution is -2.34. The molecular formula is C22H17F3N4O. The van der Waals surface area contributed by atoms with Crippen LogP contribution in [0.3, 0.4) is 0 Å². The molecule has 30 heavy (non-hydrogen) atoms. The Balaban J connectivity index is 1.60. The fraction of sp³-hybridized carbons (Fsp3) is 0.0909. The number of amides is 2. The summed E-state index contributed by atoms with van der Waals surface area (Å²) >= 11 is 0. The number of pyridine rings is 1. The molecule has 8 heteroatoms. The molecule has 2 amide bonds. The molecule has 2 aromatic heterocycles. The molecule has 0 atom stereocenters. The molecule has 2 aromatic carbocycles. The van der Waals surface area contributed by atoms with Gasteiger partial charge in [-0.25, -0.2) is 9.78 Å². The predicted molar refractivity (Wildman–Crippen MR) is 108 cm³/mol. The highest BCUT2D eigenvalue weighted by Crippen LogP contribution is 2.30. The van der Waals surface area contributed by atoms with Crippen LogP contribution in [0, 0.1) is 0 Å². The van der Waals surface area contributed by atoms with Crippen molar-refractivity contribution in [3.05, 3.63) is 96.4 Å². The van der Waals surface area contributed by atoms with Crippen molar-refractivity contribution in [2.45, 2.75) is 12.7 Å². The first-order valence-electron chi connectivity index (χ1n) is 9.13. The first kappa shape index (κ1) is 19.5. The quantitative estimate of drug-likeness (QED) is 0.477. The molecule has 0 unspecified atom stereocenters. The van der Waals surface area contributed by atoms with Gasteiger partial charge in [0, 0.05) is 17.6 Å². The van der Waals surface area contributed by atoms with Crippen molar-refractivity contribution in [1.29, 1.82) is 0 Å². The van der Waals surface area contributed by atoms with Crippen molar-refractivity contribution in [2.24, 2.45) is 0 Å². The van der Waals surface area contributed by atoms with E-state index < -0.39 is 17.8 Å². The molecule has 0 aliphatic carbocycles. The second-order valence-electron chi connectivity index (χ2n) is 6.61. The van der Waals surface area contributed by atoms with Crippen LogP contribution < -0.4 is 10.2 Å². The van der Waals surface area contributed by atoms with E-state index in [1.165, 1.54) is 17.0 Å². The molecule has 0 saturated heterocycles. The molecule has 0 bridgehead atoms. The molecule has 1 N–H and O–H groups in total. The highest BCUT2D eigenvalue weighted by Gasteiger charge is 2.30. The van der Waals surface area contributed by atoms with E-state index in [1.54, 1.807) is 18.3 Å². The molecule has 4 aromatic rings. The van der Waals surface area contributed by atoms with Gasteiger partial charge < -0.3 is 9.72 Å². The van der Waals surface area contributed by atoms with E-state index in [1.807, 2.05) is 47.0 Å². The largest absolute Gasteiger partial charge is 0.416 e. The minimum absolute atomic E-state index is 0.224. The number of nitrogens with one attached hydrogen (secondary N) is 1. The lowest BCUT2D eigenvalue weighted by molar-refractivity contribution is -0.137. The average molecular weight is 410 g/mol. The van der Waals surface area contributed by atoms with Crippen LogP contribution in [-0.2, 0) is 12.7 Å². The molecule has 5 nitrogen and oxygen atoms in total. The summed E-state index contributed by atoms with van der Waals surface area (Å²) in [5, 5.41) is 2.67. The molecule has 152 valence electrons. The van der Waals surface area contributed by atoms with E-state index in [0.717, 1.165) is 23.5 Å². The van der Waals surface area contributed by atoms with Crippen LogP contribution in [0.5, 0.6) is 0 Å². The average Bonchev–Trinajstić information content (AvgIpc) is 3.15. The standard InChI is InChI=1S/C22H17F3N4O/c23-22(24,25)16-9-11-17(12-10-16)27-21(30)29(18-6-2-1-3-7-18)15-19-14-26-20-8-4-5-13-28(19)20/h1-14H,15H2,(H,27,30). The van der Waals surface area contributed by atoms with Crippen molar-refractivity contribution >= 4 is 23.1 Å². The van der Waals surface area contributed by atoms with Gasteiger partial charge in [0.2, 0.25) is 0 Å². The Morgan fingerprint density at radius 2 is 1.67 bits per heavy atom. The SMILES string of the molecule is O=C(Nc1ccc(C(F)(F)F)cc1)N(Cc1cnc2ccccn12)c1ccccc1. The van der Waals surface area contributed by atoms with Gasteiger partial charge in [-0.2, -0.15) is 13.2 Å². The molecule has 0 aliphatic rings. The van der Waals surface area contributed by atoms with Gasteiger partial charge in [-0.05, 0) is 48.5 Å². The number of aromatic nitrogens is 2. The Kier molecular flexibility index (Phi) is 5.14. The van der Waals surface area contributed by atoms with Crippen LogP contribution in [0.1, 0.15) is 11.3 Å². The maximum Gasteiger partial charge on any atom is 0.416 e. The number of hydrogen-bond donors (Lipinski definition) is 1. The van der Waals surface area contributed by atoms with Gasteiger partial charge in [0.15, 0.2) is 0 Å². The number of halogens is 3. The van der Waals surface area contributed by atoms with Gasteiger partial charge in [0.05, 0.1) is 24.0 Å².